The van der Waals surface area contributed by atoms with Gasteiger partial charge in [0, 0.05) is 19.0 Å². The van der Waals surface area contributed by atoms with Gasteiger partial charge in [0.15, 0.2) is 0 Å². The Kier molecular flexibility index (Phi) is 3.54. The van der Waals surface area contributed by atoms with Crippen molar-refractivity contribution in [2.75, 3.05) is 6.54 Å². The zero-order valence-electron chi connectivity index (χ0n) is 7.60. The van der Waals surface area contributed by atoms with Crippen LogP contribution in [0.25, 0.3) is 0 Å². The van der Waals surface area contributed by atoms with Crippen LogP contribution in [-0.2, 0) is 0 Å². The zero-order valence-corrected chi connectivity index (χ0v) is 7.60. The highest BCUT2D eigenvalue weighted by Crippen LogP contribution is 2.17. The number of hydrogen-bond donors (Lipinski definition) is 4. The minimum absolute atomic E-state index is 0.101. The van der Waals surface area contributed by atoms with Gasteiger partial charge in [-0.3, -0.25) is 5.41 Å². The van der Waals surface area contributed by atoms with Gasteiger partial charge in [-0.15, -0.1) is 0 Å². The van der Waals surface area contributed by atoms with E-state index in [1.807, 2.05) is 0 Å². The number of rotatable bonds is 4. The predicted octanol–water partition coefficient (Wildman–Crippen LogP) is 0.164. The second kappa shape index (κ2) is 4.69. The Bertz CT molecular complexity index is 200. The number of carbonyl (C=O) groups excluding carboxylic acids is 1. The highest BCUT2D eigenvalue weighted by atomic mass is 16.2. The molecule has 0 heterocycles. The minimum atomic E-state index is -0.147. The predicted molar refractivity (Wildman–Crippen MR) is 50.7 cm³/mol. The summed E-state index contributed by atoms with van der Waals surface area (Å²) in [5.74, 6) is 0.101. The molecule has 0 aromatic carbocycles. The van der Waals surface area contributed by atoms with Crippen molar-refractivity contribution in [1.82, 2.24) is 10.6 Å². The Labute approximate surface area is 77.6 Å². The van der Waals surface area contributed by atoms with Gasteiger partial charge < -0.3 is 16.4 Å². The van der Waals surface area contributed by atoms with Crippen LogP contribution in [0, 0.1) is 5.41 Å². The number of amides is 2. The normalized spacial score (nSPS) is 16.0. The lowest BCUT2D eigenvalue weighted by Crippen LogP contribution is -2.45. The van der Waals surface area contributed by atoms with Gasteiger partial charge in [0.1, 0.15) is 0 Å². The molecule has 2 amide bonds. The van der Waals surface area contributed by atoms with Crippen LogP contribution in [0.15, 0.2) is 0 Å². The van der Waals surface area contributed by atoms with E-state index >= 15 is 0 Å². The number of hydrogen-bond acceptors (Lipinski definition) is 2. The molecule has 5 heteroatoms. The van der Waals surface area contributed by atoms with Gasteiger partial charge in [-0.05, 0) is 19.3 Å². The molecule has 1 aliphatic rings. The molecule has 13 heavy (non-hydrogen) atoms. The zero-order chi connectivity index (χ0) is 9.68. The Morgan fingerprint density at radius 2 is 2.23 bits per heavy atom. The van der Waals surface area contributed by atoms with E-state index in [2.05, 4.69) is 10.6 Å². The molecule has 0 aliphatic heterocycles. The van der Waals surface area contributed by atoms with Crippen molar-refractivity contribution in [3.8, 4) is 0 Å². The van der Waals surface area contributed by atoms with E-state index in [1.54, 1.807) is 0 Å². The first-order chi connectivity index (χ1) is 6.18. The first-order valence-electron chi connectivity index (χ1n) is 4.56. The summed E-state index contributed by atoms with van der Waals surface area (Å²) in [6.07, 6.45) is 3.79. The molecule has 0 unspecified atom stereocenters. The lowest BCUT2D eigenvalue weighted by atomic mass is 9.93. The van der Waals surface area contributed by atoms with E-state index in [4.69, 9.17) is 11.1 Å². The van der Waals surface area contributed by atoms with E-state index in [9.17, 15) is 4.79 Å². The Balaban J connectivity index is 2.00. The second-order valence-electron chi connectivity index (χ2n) is 3.30. The molecule has 0 aromatic heterocycles. The summed E-state index contributed by atoms with van der Waals surface area (Å²) >= 11 is 0. The van der Waals surface area contributed by atoms with E-state index < -0.39 is 0 Å². The molecule has 0 aromatic rings. The Morgan fingerprint density at radius 1 is 1.54 bits per heavy atom. The van der Waals surface area contributed by atoms with Crippen LogP contribution in [0.1, 0.15) is 25.7 Å². The molecule has 1 saturated carbocycles. The first kappa shape index (κ1) is 9.83. The summed E-state index contributed by atoms with van der Waals surface area (Å²) in [4.78, 5) is 11.1. The van der Waals surface area contributed by atoms with Crippen molar-refractivity contribution >= 4 is 11.9 Å². The lowest BCUT2D eigenvalue weighted by Gasteiger charge is -2.26. The minimum Gasteiger partial charge on any atom is -0.388 e. The molecule has 1 rings (SSSR count). The molecular formula is C8H16N4O. The fraction of sp³-hybridized carbons (Fsp3) is 0.750. The molecule has 0 atom stereocenters. The van der Waals surface area contributed by atoms with Gasteiger partial charge in [0.25, 0.3) is 0 Å². The molecule has 74 valence electrons. The Hall–Kier alpha value is -1.26. The van der Waals surface area contributed by atoms with E-state index in [-0.39, 0.29) is 11.9 Å². The average Bonchev–Trinajstić information content (AvgIpc) is 1.96. The molecule has 1 aliphatic carbocycles. The summed E-state index contributed by atoms with van der Waals surface area (Å²) in [7, 11) is 0. The van der Waals surface area contributed by atoms with Crippen molar-refractivity contribution in [3.05, 3.63) is 0 Å². The van der Waals surface area contributed by atoms with E-state index in [1.165, 1.54) is 6.42 Å². The monoisotopic (exact) mass is 184 g/mol. The lowest BCUT2D eigenvalue weighted by molar-refractivity contribution is 0.229. The molecule has 0 radical (unpaired) electrons. The molecule has 0 spiro atoms. The van der Waals surface area contributed by atoms with Gasteiger partial charge >= 0.3 is 6.03 Å². The van der Waals surface area contributed by atoms with Crippen LogP contribution in [0.3, 0.4) is 0 Å². The smallest absolute Gasteiger partial charge is 0.315 e. The third kappa shape index (κ3) is 3.78. The standard InChI is InChI=1S/C8H16N4O/c9-7(10)4-5-11-8(13)12-6-2-1-3-6/h6H,1-5H2,(H3,9,10)(H2,11,12,13). The fourth-order valence-corrected chi connectivity index (χ4v) is 1.10. The van der Waals surface area contributed by atoms with Gasteiger partial charge in [0.05, 0.1) is 5.84 Å². The van der Waals surface area contributed by atoms with Gasteiger partial charge in [0.2, 0.25) is 0 Å². The summed E-state index contributed by atoms with van der Waals surface area (Å²) in [5, 5.41) is 12.4. The number of nitrogens with two attached hydrogens (primary N) is 1. The molecular weight excluding hydrogens is 168 g/mol. The molecule has 0 bridgehead atoms. The van der Waals surface area contributed by atoms with Crippen molar-refractivity contribution in [3.63, 3.8) is 0 Å². The maximum absolute atomic E-state index is 11.1. The largest absolute Gasteiger partial charge is 0.388 e. The number of urea groups is 1. The van der Waals surface area contributed by atoms with Crippen LogP contribution in [0.4, 0.5) is 4.79 Å². The number of carbonyl (C=O) groups is 1. The quantitative estimate of drug-likeness (QED) is 0.370. The molecule has 1 fully saturated rings. The maximum atomic E-state index is 11.1. The van der Waals surface area contributed by atoms with Crippen molar-refractivity contribution in [1.29, 1.82) is 5.41 Å². The fourth-order valence-electron chi connectivity index (χ4n) is 1.10. The first-order valence-corrected chi connectivity index (χ1v) is 4.56. The summed E-state index contributed by atoms with van der Waals surface area (Å²) < 4.78 is 0. The second-order valence-corrected chi connectivity index (χ2v) is 3.30. The third-order valence-electron chi connectivity index (χ3n) is 2.12. The Morgan fingerprint density at radius 3 is 2.69 bits per heavy atom. The highest BCUT2D eigenvalue weighted by Gasteiger charge is 2.18. The maximum Gasteiger partial charge on any atom is 0.315 e. The van der Waals surface area contributed by atoms with Crippen LogP contribution >= 0.6 is 0 Å². The van der Waals surface area contributed by atoms with Gasteiger partial charge in [-0.25, -0.2) is 4.79 Å². The molecule has 5 nitrogen and oxygen atoms in total. The highest BCUT2D eigenvalue weighted by molar-refractivity contribution is 5.78. The van der Waals surface area contributed by atoms with Crippen molar-refractivity contribution < 1.29 is 4.79 Å². The van der Waals surface area contributed by atoms with Crippen LogP contribution in [0.5, 0.6) is 0 Å². The summed E-state index contributed by atoms with van der Waals surface area (Å²) in [6.45, 7) is 0.438. The van der Waals surface area contributed by atoms with E-state index in [0.29, 0.717) is 19.0 Å². The van der Waals surface area contributed by atoms with Crippen LogP contribution < -0.4 is 16.4 Å². The van der Waals surface area contributed by atoms with Crippen molar-refractivity contribution in [2.45, 2.75) is 31.7 Å². The van der Waals surface area contributed by atoms with Crippen molar-refractivity contribution in [2.24, 2.45) is 5.73 Å². The van der Waals surface area contributed by atoms with E-state index in [0.717, 1.165) is 12.8 Å². The van der Waals surface area contributed by atoms with Gasteiger partial charge in [-0.2, -0.15) is 0 Å². The number of nitrogens with one attached hydrogen (secondary N) is 3. The molecule has 5 N–H and O–H groups in total. The van der Waals surface area contributed by atoms with Gasteiger partial charge in [-0.1, -0.05) is 0 Å². The topological polar surface area (TPSA) is 91.0 Å². The SMILES string of the molecule is N=C(N)CCNC(=O)NC1CCC1. The number of amidine groups is 1. The third-order valence-corrected chi connectivity index (χ3v) is 2.12. The summed E-state index contributed by atoms with van der Waals surface area (Å²) in [6, 6.07) is 0.211. The summed E-state index contributed by atoms with van der Waals surface area (Å²) in [5.41, 5.74) is 5.13. The molecule has 0 saturated heterocycles. The average molecular weight is 184 g/mol. The van der Waals surface area contributed by atoms with Crippen LogP contribution in [-0.4, -0.2) is 24.5 Å². The van der Waals surface area contributed by atoms with Crippen LogP contribution in [0.2, 0.25) is 0 Å².